The Balaban J connectivity index is 0.00000132. The van der Waals surface area contributed by atoms with Crippen molar-refractivity contribution in [3.63, 3.8) is 0 Å². The number of rotatable bonds is 3. The number of carboxylic acids is 1. The van der Waals surface area contributed by atoms with E-state index in [1.54, 1.807) is 10.6 Å². The Bertz CT molecular complexity index is 937. The lowest BCUT2D eigenvalue weighted by molar-refractivity contribution is 0.0436. The van der Waals surface area contributed by atoms with E-state index in [0.717, 1.165) is 31.4 Å². The molecule has 2 heterocycles. The maximum atomic E-state index is 13.0. The molecule has 31 heavy (non-hydrogen) atoms. The van der Waals surface area contributed by atoms with Crippen molar-refractivity contribution in [1.29, 1.82) is 0 Å². The van der Waals surface area contributed by atoms with Gasteiger partial charge in [0, 0.05) is 24.7 Å². The zero-order valence-corrected chi connectivity index (χ0v) is 19.3. The summed E-state index contributed by atoms with van der Waals surface area (Å²) in [4.78, 5) is 31.3. The predicted octanol–water partition coefficient (Wildman–Crippen LogP) is 5.26. The number of hydrogen-bond acceptors (Lipinski definition) is 4. The molecule has 1 N–H and O–H groups in total. The second kappa shape index (κ2) is 10.4. The Labute approximate surface area is 185 Å². The number of likely N-dealkylation sites (tertiary alicyclic amines) is 1. The number of hydrogen-bond donors (Lipinski definition) is 1. The van der Waals surface area contributed by atoms with Gasteiger partial charge < -0.3 is 9.67 Å². The highest BCUT2D eigenvalue weighted by atomic mass is 16.4. The molecule has 1 saturated heterocycles. The third-order valence-corrected chi connectivity index (χ3v) is 7.02. The minimum absolute atomic E-state index is 0.0157. The van der Waals surface area contributed by atoms with Gasteiger partial charge in [-0.2, -0.15) is 0 Å². The molecule has 2 fully saturated rings. The number of nitrogens with zero attached hydrogens (tertiary/aromatic N) is 3. The second-order valence-electron chi connectivity index (χ2n) is 8.91. The summed E-state index contributed by atoms with van der Waals surface area (Å²) in [5.41, 5.74) is 0.699. The van der Waals surface area contributed by atoms with Crippen molar-refractivity contribution in [2.45, 2.75) is 90.1 Å². The molecule has 1 aromatic carbocycles. The molecule has 170 valence electrons. The highest BCUT2D eigenvalue weighted by Crippen LogP contribution is 2.35. The van der Waals surface area contributed by atoms with Gasteiger partial charge in [-0.15, -0.1) is 0 Å². The van der Waals surface area contributed by atoms with E-state index in [1.807, 2.05) is 32.0 Å². The fourth-order valence-electron chi connectivity index (χ4n) is 5.30. The average Bonchev–Trinajstić information content (AvgIpc) is 2.77. The lowest BCUT2D eigenvalue weighted by Gasteiger charge is -2.46. The molecule has 0 radical (unpaired) electrons. The fraction of sp³-hybridized carbons (Fsp3) is 0.640. The third-order valence-electron chi connectivity index (χ3n) is 7.02. The molecule has 2 aromatic rings. The van der Waals surface area contributed by atoms with Gasteiger partial charge in [0.2, 0.25) is 5.69 Å². The van der Waals surface area contributed by atoms with Crippen molar-refractivity contribution in [3.8, 4) is 0 Å². The number of para-hydroxylation sites is 2. The normalized spacial score (nSPS) is 20.4. The van der Waals surface area contributed by atoms with E-state index in [1.165, 1.54) is 44.9 Å². The van der Waals surface area contributed by atoms with Crippen molar-refractivity contribution < 1.29 is 9.90 Å². The van der Waals surface area contributed by atoms with Crippen LogP contribution in [0.15, 0.2) is 29.1 Å². The summed E-state index contributed by atoms with van der Waals surface area (Å²) in [5.74, 6) is -1.26. The molecule has 1 aliphatic heterocycles. The summed E-state index contributed by atoms with van der Waals surface area (Å²) in [6.45, 7) is 8.31. The minimum Gasteiger partial charge on any atom is -0.476 e. The first kappa shape index (κ1) is 23.5. The summed E-state index contributed by atoms with van der Waals surface area (Å²) in [5, 5.41) is 9.46. The number of aromatic nitrogens is 2. The molecule has 4 rings (SSSR count). The molecular formula is C25H37N3O3. The molecule has 0 bridgehead atoms. The van der Waals surface area contributed by atoms with Crippen LogP contribution in [0.4, 0.5) is 0 Å². The monoisotopic (exact) mass is 427 g/mol. The summed E-state index contributed by atoms with van der Waals surface area (Å²) >= 11 is 0. The van der Waals surface area contributed by atoms with E-state index in [9.17, 15) is 14.7 Å². The van der Waals surface area contributed by atoms with Crippen LogP contribution >= 0.6 is 0 Å². The van der Waals surface area contributed by atoms with Crippen LogP contribution in [-0.2, 0) is 0 Å². The maximum Gasteiger partial charge on any atom is 0.360 e. The van der Waals surface area contributed by atoms with Crippen molar-refractivity contribution in [2.75, 3.05) is 13.1 Å². The predicted molar refractivity (Wildman–Crippen MR) is 125 cm³/mol. The maximum absolute atomic E-state index is 13.0. The molecule has 0 amide bonds. The van der Waals surface area contributed by atoms with Crippen LogP contribution in [0.3, 0.4) is 0 Å². The van der Waals surface area contributed by atoms with Gasteiger partial charge >= 0.3 is 5.97 Å². The lowest BCUT2D eigenvalue weighted by Crippen LogP contribution is -2.51. The van der Waals surface area contributed by atoms with Crippen LogP contribution in [0.5, 0.6) is 0 Å². The van der Waals surface area contributed by atoms with Crippen molar-refractivity contribution in [2.24, 2.45) is 0 Å². The van der Waals surface area contributed by atoms with Crippen LogP contribution in [0.2, 0.25) is 0 Å². The van der Waals surface area contributed by atoms with Gasteiger partial charge in [0.1, 0.15) is 0 Å². The number of piperidine rings is 1. The van der Waals surface area contributed by atoms with Crippen LogP contribution in [0.1, 0.15) is 95.1 Å². The van der Waals surface area contributed by atoms with Crippen molar-refractivity contribution in [1.82, 2.24) is 14.5 Å². The van der Waals surface area contributed by atoms with Crippen LogP contribution in [-0.4, -0.2) is 44.2 Å². The molecule has 0 atom stereocenters. The first-order chi connectivity index (χ1) is 15.0. The molecule has 2 aliphatic rings. The zero-order valence-electron chi connectivity index (χ0n) is 19.3. The number of benzene rings is 1. The number of aromatic carboxylic acids is 1. The Hall–Kier alpha value is -2.21. The summed E-state index contributed by atoms with van der Waals surface area (Å²) in [6, 6.07) is 7.38. The van der Waals surface area contributed by atoms with Crippen molar-refractivity contribution in [3.05, 3.63) is 40.3 Å². The zero-order chi connectivity index (χ0) is 22.4. The van der Waals surface area contributed by atoms with E-state index in [-0.39, 0.29) is 17.3 Å². The van der Waals surface area contributed by atoms with Gasteiger partial charge in [0.15, 0.2) is 0 Å². The molecule has 6 heteroatoms. The topological polar surface area (TPSA) is 75.4 Å². The van der Waals surface area contributed by atoms with Crippen LogP contribution in [0.25, 0.3) is 11.0 Å². The molecule has 0 spiro atoms. The number of carboxylic acid groups (broad SMARTS) is 1. The van der Waals surface area contributed by atoms with E-state index in [4.69, 9.17) is 0 Å². The number of carbonyl (C=O) groups is 1. The third kappa shape index (κ3) is 5.00. The van der Waals surface area contributed by atoms with E-state index in [2.05, 4.69) is 16.8 Å². The summed E-state index contributed by atoms with van der Waals surface area (Å²) < 4.78 is 1.70. The SMILES string of the molecule is CC.CC1(N2CCC(n3c(=O)c(C(=O)O)nc4ccccc43)CC2)CCCCCCC1. The molecule has 0 unspecified atom stereocenters. The van der Waals surface area contributed by atoms with E-state index in [0.29, 0.717) is 5.52 Å². The van der Waals surface area contributed by atoms with Gasteiger partial charge in [-0.3, -0.25) is 9.69 Å². The second-order valence-corrected chi connectivity index (χ2v) is 8.91. The Morgan fingerprint density at radius 2 is 1.61 bits per heavy atom. The molecule has 1 aromatic heterocycles. The molecule has 1 aliphatic carbocycles. The molecular weight excluding hydrogens is 390 g/mol. The summed E-state index contributed by atoms with van der Waals surface area (Å²) in [7, 11) is 0. The van der Waals surface area contributed by atoms with Crippen molar-refractivity contribution >= 4 is 17.0 Å². The Kier molecular flexibility index (Phi) is 7.87. The Morgan fingerprint density at radius 3 is 2.23 bits per heavy atom. The highest BCUT2D eigenvalue weighted by molar-refractivity contribution is 5.88. The molecule has 1 saturated carbocycles. The largest absolute Gasteiger partial charge is 0.476 e. The summed E-state index contributed by atoms with van der Waals surface area (Å²) in [6.07, 6.45) is 10.9. The fourth-order valence-corrected chi connectivity index (χ4v) is 5.30. The standard InChI is InChI=1S/C23H31N3O3.C2H6/c1-23(13-7-3-2-4-8-14-23)25-15-11-17(12-16-25)26-19-10-6-5-9-18(19)24-20(21(26)27)22(28)29;1-2/h5-6,9-10,17H,2-4,7-8,11-16H2,1H3,(H,28,29);1-2H3. The lowest BCUT2D eigenvalue weighted by atomic mass is 9.82. The smallest absolute Gasteiger partial charge is 0.360 e. The number of fused-ring (bicyclic) bond motifs is 1. The quantitative estimate of drug-likeness (QED) is 0.723. The van der Waals surface area contributed by atoms with Gasteiger partial charge in [0.05, 0.1) is 11.0 Å². The first-order valence-corrected chi connectivity index (χ1v) is 12.0. The van der Waals surface area contributed by atoms with Gasteiger partial charge in [0.25, 0.3) is 5.56 Å². The van der Waals surface area contributed by atoms with Gasteiger partial charge in [-0.1, -0.05) is 58.1 Å². The highest BCUT2D eigenvalue weighted by Gasteiger charge is 2.35. The first-order valence-electron chi connectivity index (χ1n) is 12.0. The van der Waals surface area contributed by atoms with Crippen LogP contribution < -0.4 is 5.56 Å². The van der Waals surface area contributed by atoms with E-state index >= 15 is 0 Å². The van der Waals surface area contributed by atoms with Gasteiger partial charge in [-0.25, -0.2) is 9.78 Å². The average molecular weight is 428 g/mol. The minimum atomic E-state index is -1.26. The van der Waals surface area contributed by atoms with E-state index < -0.39 is 11.5 Å². The van der Waals surface area contributed by atoms with Gasteiger partial charge in [-0.05, 0) is 44.7 Å². The van der Waals surface area contributed by atoms with Crippen LogP contribution in [0, 0.1) is 0 Å². The Morgan fingerprint density at radius 1 is 1.03 bits per heavy atom. The molecule has 6 nitrogen and oxygen atoms in total.